The summed E-state index contributed by atoms with van der Waals surface area (Å²) in [6, 6.07) is 10.8. The van der Waals surface area contributed by atoms with E-state index in [-0.39, 0.29) is 14.1 Å². The molecule has 2 aromatic rings. The highest BCUT2D eigenvalue weighted by molar-refractivity contribution is 7.66. The molecule has 0 aliphatic rings. The van der Waals surface area contributed by atoms with Crippen LogP contribution in [0.25, 0.3) is 0 Å². The van der Waals surface area contributed by atoms with Crippen LogP contribution in [0.5, 0.6) is 23.0 Å². The number of methoxy groups -OCH3 is 3. The van der Waals surface area contributed by atoms with Crippen molar-refractivity contribution in [2.24, 2.45) is 0 Å². The Hall–Kier alpha value is -2.30. The number of rotatable bonds is 11. The molecule has 27 heavy (non-hydrogen) atoms. The van der Waals surface area contributed by atoms with Crippen LogP contribution in [0.15, 0.2) is 36.4 Å². The van der Waals surface area contributed by atoms with Gasteiger partial charge in [0.05, 0.1) is 27.9 Å². The van der Waals surface area contributed by atoms with Crippen molar-refractivity contribution in [1.29, 1.82) is 0 Å². The van der Waals surface area contributed by atoms with Crippen LogP contribution in [-0.4, -0.2) is 46.7 Å². The van der Waals surface area contributed by atoms with Crippen LogP contribution >= 0.6 is 8.58 Å². The molecule has 0 heterocycles. The van der Waals surface area contributed by atoms with E-state index < -0.39 is 0 Å². The monoisotopic (exact) mass is 392 g/mol. The standard InChI is InChI=1S/C20H25O6P/c1-5-25-10-11-26-14-6-8-16(9-7-14)27-20(21)19-17(23-3)12-15(22-2)13-18(19)24-4/h6-9,12-13,27H,5,10-11H2,1-4H3. The highest BCUT2D eigenvalue weighted by Crippen LogP contribution is 2.37. The normalized spacial score (nSPS) is 10.8. The van der Waals surface area contributed by atoms with E-state index in [0.717, 1.165) is 11.1 Å². The Morgan fingerprint density at radius 1 is 0.889 bits per heavy atom. The van der Waals surface area contributed by atoms with Crippen molar-refractivity contribution in [2.45, 2.75) is 6.92 Å². The average molecular weight is 392 g/mol. The maximum absolute atomic E-state index is 12.9. The molecular formula is C20H25O6P. The van der Waals surface area contributed by atoms with E-state index in [2.05, 4.69) is 0 Å². The maximum Gasteiger partial charge on any atom is 0.193 e. The minimum atomic E-state index is -0.0728. The predicted molar refractivity (Wildman–Crippen MR) is 107 cm³/mol. The van der Waals surface area contributed by atoms with E-state index in [0.29, 0.717) is 42.6 Å². The van der Waals surface area contributed by atoms with E-state index in [1.165, 1.54) is 14.2 Å². The molecule has 0 bridgehead atoms. The minimum Gasteiger partial charge on any atom is -0.496 e. The van der Waals surface area contributed by atoms with Crippen molar-refractivity contribution >= 4 is 19.4 Å². The molecule has 0 aliphatic carbocycles. The van der Waals surface area contributed by atoms with Gasteiger partial charge in [0.1, 0.15) is 35.2 Å². The number of carbonyl (C=O) groups excluding carboxylic acids is 1. The lowest BCUT2D eigenvalue weighted by atomic mass is 10.2. The maximum atomic E-state index is 12.9. The van der Waals surface area contributed by atoms with Crippen molar-refractivity contribution < 1.29 is 28.5 Å². The summed E-state index contributed by atoms with van der Waals surface area (Å²) in [5.41, 5.74) is 0.340. The van der Waals surface area contributed by atoms with Crippen LogP contribution in [0.1, 0.15) is 17.3 Å². The summed E-state index contributed by atoms with van der Waals surface area (Å²) >= 11 is 0. The second-order valence-electron chi connectivity index (χ2n) is 5.43. The fourth-order valence-corrected chi connectivity index (χ4v) is 3.39. The van der Waals surface area contributed by atoms with Gasteiger partial charge in [0, 0.05) is 18.7 Å². The first-order valence-corrected chi connectivity index (χ1v) is 9.54. The molecule has 0 fully saturated rings. The van der Waals surface area contributed by atoms with Gasteiger partial charge in [-0.25, -0.2) is 0 Å². The van der Waals surface area contributed by atoms with E-state index >= 15 is 0 Å². The summed E-state index contributed by atoms with van der Waals surface area (Å²) in [5.74, 6) is 2.17. The summed E-state index contributed by atoms with van der Waals surface area (Å²) in [7, 11) is 4.51. The summed E-state index contributed by atoms with van der Waals surface area (Å²) in [6.45, 7) is 3.66. The SMILES string of the molecule is CCOCCOc1ccc(PC(=O)c2c(OC)cc(OC)cc2OC)cc1. The lowest BCUT2D eigenvalue weighted by Gasteiger charge is -2.14. The van der Waals surface area contributed by atoms with Crippen LogP contribution in [0.2, 0.25) is 0 Å². The number of ether oxygens (including phenoxy) is 5. The molecule has 1 atom stereocenters. The smallest absolute Gasteiger partial charge is 0.193 e. The van der Waals surface area contributed by atoms with Crippen molar-refractivity contribution in [2.75, 3.05) is 41.2 Å². The summed E-state index contributed by atoms with van der Waals surface area (Å²) in [4.78, 5) is 12.9. The summed E-state index contributed by atoms with van der Waals surface area (Å²) in [5, 5.41) is 0.900. The summed E-state index contributed by atoms with van der Waals surface area (Å²) < 4.78 is 26.8. The Morgan fingerprint density at radius 2 is 1.52 bits per heavy atom. The van der Waals surface area contributed by atoms with Crippen molar-refractivity contribution in [3.63, 3.8) is 0 Å². The first-order chi connectivity index (χ1) is 13.1. The highest BCUT2D eigenvalue weighted by atomic mass is 31.1. The molecule has 0 aliphatic heterocycles. The van der Waals surface area contributed by atoms with Crippen molar-refractivity contribution in [1.82, 2.24) is 0 Å². The van der Waals surface area contributed by atoms with Crippen LogP contribution in [-0.2, 0) is 4.74 Å². The Balaban J connectivity index is 2.10. The third kappa shape index (κ3) is 5.84. The molecule has 0 saturated carbocycles. The van der Waals surface area contributed by atoms with Gasteiger partial charge in [0.15, 0.2) is 5.52 Å². The molecule has 1 unspecified atom stereocenters. The first-order valence-electron chi connectivity index (χ1n) is 8.54. The molecule has 6 nitrogen and oxygen atoms in total. The Kier molecular flexibility index (Phi) is 8.37. The fraction of sp³-hybridized carbons (Fsp3) is 0.350. The molecule has 0 saturated heterocycles. The third-order valence-electron chi connectivity index (χ3n) is 3.75. The van der Waals surface area contributed by atoms with Crippen LogP contribution in [0, 0.1) is 0 Å². The summed E-state index contributed by atoms with van der Waals surface area (Å²) in [6.07, 6.45) is 0. The second kappa shape index (κ2) is 10.8. The highest BCUT2D eigenvalue weighted by Gasteiger charge is 2.20. The lowest BCUT2D eigenvalue weighted by Crippen LogP contribution is -2.08. The van der Waals surface area contributed by atoms with Gasteiger partial charge in [-0.1, -0.05) is 12.1 Å². The topological polar surface area (TPSA) is 63.2 Å². The van der Waals surface area contributed by atoms with Gasteiger partial charge in [-0.15, -0.1) is 0 Å². The number of hydrogen-bond donors (Lipinski definition) is 0. The first kappa shape index (κ1) is 21.0. The molecular weight excluding hydrogens is 367 g/mol. The number of benzene rings is 2. The number of hydrogen-bond acceptors (Lipinski definition) is 6. The van der Waals surface area contributed by atoms with E-state index in [1.807, 2.05) is 31.2 Å². The van der Waals surface area contributed by atoms with Crippen LogP contribution in [0.3, 0.4) is 0 Å². The average Bonchev–Trinajstić information content (AvgIpc) is 2.71. The van der Waals surface area contributed by atoms with Crippen LogP contribution in [0.4, 0.5) is 0 Å². The fourth-order valence-electron chi connectivity index (χ4n) is 2.42. The van der Waals surface area contributed by atoms with Crippen LogP contribution < -0.4 is 24.3 Å². The van der Waals surface area contributed by atoms with Gasteiger partial charge in [-0.3, -0.25) is 4.79 Å². The van der Waals surface area contributed by atoms with Crippen molar-refractivity contribution in [3.8, 4) is 23.0 Å². The molecule has 0 aromatic heterocycles. The lowest BCUT2D eigenvalue weighted by molar-refractivity contribution is 0.108. The molecule has 146 valence electrons. The quantitative estimate of drug-likeness (QED) is 0.432. The number of carbonyl (C=O) groups is 1. The Labute approximate surface area is 161 Å². The molecule has 0 amide bonds. The largest absolute Gasteiger partial charge is 0.496 e. The Bertz CT molecular complexity index is 720. The molecule has 2 aromatic carbocycles. The molecule has 0 spiro atoms. The predicted octanol–water partition coefficient (Wildman–Crippen LogP) is 3.27. The molecule has 0 N–H and O–H groups in total. The second-order valence-corrected chi connectivity index (χ2v) is 6.71. The van der Waals surface area contributed by atoms with E-state index in [9.17, 15) is 4.79 Å². The third-order valence-corrected chi connectivity index (χ3v) is 4.85. The minimum absolute atomic E-state index is 0.0693. The Morgan fingerprint density at radius 3 is 2.04 bits per heavy atom. The van der Waals surface area contributed by atoms with Gasteiger partial charge in [0.25, 0.3) is 0 Å². The zero-order valence-electron chi connectivity index (χ0n) is 16.0. The molecule has 2 rings (SSSR count). The van der Waals surface area contributed by atoms with Gasteiger partial charge in [-0.2, -0.15) is 0 Å². The van der Waals surface area contributed by atoms with Crippen molar-refractivity contribution in [3.05, 3.63) is 42.0 Å². The molecule has 7 heteroatoms. The van der Waals surface area contributed by atoms with Gasteiger partial charge >= 0.3 is 0 Å². The van der Waals surface area contributed by atoms with Gasteiger partial charge in [-0.05, 0) is 32.9 Å². The molecule has 0 radical (unpaired) electrons. The van der Waals surface area contributed by atoms with Gasteiger partial charge in [0.2, 0.25) is 0 Å². The van der Waals surface area contributed by atoms with Gasteiger partial charge < -0.3 is 23.7 Å². The zero-order chi connectivity index (χ0) is 19.6. The van der Waals surface area contributed by atoms with E-state index in [1.54, 1.807) is 19.2 Å². The van der Waals surface area contributed by atoms with E-state index in [4.69, 9.17) is 23.7 Å². The zero-order valence-corrected chi connectivity index (χ0v) is 17.0.